The van der Waals surface area contributed by atoms with Crippen LogP contribution in [0.3, 0.4) is 0 Å². The molecular weight excluding hydrogens is 475 g/mol. The second-order valence-corrected chi connectivity index (χ2v) is 7.62. The Bertz CT molecular complexity index is 603. The summed E-state index contributed by atoms with van der Waals surface area (Å²) in [6, 6.07) is 9.17. The van der Waals surface area contributed by atoms with E-state index in [1.165, 1.54) is 38.8 Å². The van der Waals surface area contributed by atoms with Crippen LogP contribution in [0.25, 0.3) is 0 Å². The van der Waals surface area contributed by atoms with Gasteiger partial charge in [0.05, 0.1) is 6.54 Å². The number of aliphatic imine (C=N–C) groups is 1. The van der Waals surface area contributed by atoms with E-state index in [0.717, 1.165) is 29.1 Å². The molecule has 1 aromatic carbocycles. The molecule has 0 aromatic heterocycles. The van der Waals surface area contributed by atoms with E-state index in [1.54, 1.807) is 7.11 Å². The van der Waals surface area contributed by atoms with E-state index in [9.17, 15) is 0 Å². The lowest BCUT2D eigenvalue weighted by Crippen LogP contribution is -2.49. The molecule has 5 nitrogen and oxygen atoms in total. The first-order chi connectivity index (χ1) is 12.7. The van der Waals surface area contributed by atoms with Gasteiger partial charge in [0.25, 0.3) is 0 Å². The zero-order valence-electron chi connectivity index (χ0n) is 16.3. The van der Waals surface area contributed by atoms with Crippen molar-refractivity contribution in [3.05, 3.63) is 34.9 Å². The minimum atomic E-state index is -0.0964. The molecular formula is C20H32ClIN4O. The number of nitrogens with one attached hydrogen (secondary N) is 2. The van der Waals surface area contributed by atoms with Gasteiger partial charge in [-0.25, -0.2) is 0 Å². The van der Waals surface area contributed by atoms with Crippen molar-refractivity contribution in [2.24, 2.45) is 4.99 Å². The SMILES string of the molecule is CCNC(=NCC(OC)c1cccc(Cl)c1)NC1CCN(C2CC2)CC1.I. The van der Waals surface area contributed by atoms with E-state index in [0.29, 0.717) is 12.6 Å². The van der Waals surface area contributed by atoms with Crippen molar-refractivity contribution in [1.82, 2.24) is 15.5 Å². The molecule has 3 rings (SSSR count). The van der Waals surface area contributed by atoms with Crippen LogP contribution >= 0.6 is 35.6 Å². The molecule has 1 aliphatic carbocycles. The van der Waals surface area contributed by atoms with Crippen molar-refractivity contribution < 1.29 is 4.74 Å². The highest BCUT2D eigenvalue weighted by molar-refractivity contribution is 14.0. The van der Waals surface area contributed by atoms with Crippen molar-refractivity contribution in [3.63, 3.8) is 0 Å². The van der Waals surface area contributed by atoms with Gasteiger partial charge in [0.2, 0.25) is 0 Å². The van der Waals surface area contributed by atoms with Crippen molar-refractivity contribution in [2.75, 3.05) is 33.3 Å². The summed E-state index contributed by atoms with van der Waals surface area (Å²) in [4.78, 5) is 7.41. The maximum atomic E-state index is 6.11. The van der Waals surface area contributed by atoms with Gasteiger partial charge in [-0.1, -0.05) is 23.7 Å². The molecule has 0 bridgehead atoms. The van der Waals surface area contributed by atoms with Gasteiger partial charge in [-0.3, -0.25) is 4.99 Å². The van der Waals surface area contributed by atoms with E-state index in [-0.39, 0.29) is 30.1 Å². The molecule has 1 aliphatic heterocycles. The summed E-state index contributed by atoms with van der Waals surface area (Å²) < 4.78 is 5.63. The van der Waals surface area contributed by atoms with Crippen LogP contribution in [0.15, 0.2) is 29.3 Å². The summed E-state index contributed by atoms with van der Waals surface area (Å²) in [6.45, 7) is 5.90. The fourth-order valence-electron chi connectivity index (χ4n) is 3.56. The summed E-state index contributed by atoms with van der Waals surface area (Å²) >= 11 is 6.11. The standard InChI is InChI=1S/C20H31ClN4O.HI/c1-3-22-20(24-17-9-11-25(12-10-17)18-7-8-18)23-14-19(26-2)15-5-4-6-16(21)13-15;/h4-6,13,17-19H,3,7-12,14H2,1-2H3,(H2,22,23,24);1H. The van der Waals surface area contributed by atoms with Crippen LogP contribution in [0.1, 0.15) is 44.3 Å². The average Bonchev–Trinajstić information content (AvgIpc) is 3.48. The number of rotatable bonds is 7. The number of guanidine groups is 1. The maximum Gasteiger partial charge on any atom is 0.191 e. The summed E-state index contributed by atoms with van der Waals surface area (Å²) in [5, 5.41) is 7.69. The van der Waals surface area contributed by atoms with Crippen LogP contribution in [-0.4, -0.2) is 56.2 Å². The number of piperidine rings is 1. The average molecular weight is 507 g/mol. The van der Waals surface area contributed by atoms with Gasteiger partial charge in [0, 0.05) is 43.9 Å². The summed E-state index contributed by atoms with van der Waals surface area (Å²) in [5.41, 5.74) is 1.05. The lowest BCUT2D eigenvalue weighted by atomic mass is 10.1. The zero-order valence-corrected chi connectivity index (χ0v) is 19.4. The molecule has 1 heterocycles. The Hall–Kier alpha value is -0.570. The summed E-state index contributed by atoms with van der Waals surface area (Å²) in [7, 11) is 1.72. The van der Waals surface area contributed by atoms with Crippen LogP contribution in [0, 0.1) is 0 Å². The molecule has 27 heavy (non-hydrogen) atoms. The van der Waals surface area contributed by atoms with Crippen LogP contribution in [0.4, 0.5) is 0 Å². The highest BCUT2D eigenvalue weighted by Gasteiger charge is 2.31. The second kappa shape index (κ2) is 11.4. The van der Waals surface area contributed by atoms with Gasteiger partial charge in [0.1, 0.15) is 6.10 Å². The number of nitrogens with zero attached hydrogens (tertiary/aromatic N) is 2. The highest BCUT2D eigenvalue weighted by atomic mass is 127. The van der Waals surface area contributed by atoms with Gasteiger partial charge in [-0.15, -0.1) is 24.0 Å². The third-order valence-electron chi connectivity index (χ3n) is 5.20. The second-order valence-electron chi connectivity index (χ2n) is 7.18. The van der Waals surface area contributed by atoms with Crippen molar-refractivity contribution in [2.45, 2.75) is 50.8 Å². The predicted octanol–water partition coefficient (Wildman–Crippen LogP) is 3.83. The fourth-order valence-corrected chi connectivity index (χ4v) is 3.76. The van der Waals surface area contributed by atoms with Gasteiger partial charge in [0.15, 0.2) is 5.96 Å². The Labute approximate surface area is 185 Å². The van der Waals surface area contributed by atoms with Gasteiger partial charge >= 0.3 is 0 Å². The van der Waals surface area contributed by atoms with Crippen LogP contribution in [0.2, 0.25) is 5.02 Å². The topological polar surface area (TPSA) is 48.9 Å². The van der Waals surface area contributed by atoms with Gasteiger partial charge in [-0.2, -0.15) is 0 Å². The first kappa shape index (κ1) is 22.7. The Morgan fingerprint density at radius 3 is 2.63 bits per heavy atom. The Morgan fingerprint density at radius 1 is 1.30 bits per heavy atom. The Kier molecular flexibility index (Phi) is 9.62. The molecule has 1 unspecified atom stereocenters. The lowest BCUT2D eigenvalue weighted by Gasteiger charge is -2.33. The quantitative estimate of drug-likeness (QED) is 0.335. The first-order valence-corrected chi connectivity index (χ1v) is 10.1. The van der Waals surface area contributed by atoms with Crippen LogP contribution in [0.5, 0.6) is 0 Å². The minimum Gasteiger partial charge on any atom is -0.375 e. The molecule has 1 atom stereocenters. The summed E-state index contributed by atoms with van der Waals surface area (Å²) in [5.74, 6) is 0.876. The van der Waals surface area contributed by atoms with E-state index in [1.807, 2.05) is 24.3 Å². The molecule has 0 spiro atoms. The molecule has 2 N–H and O–H groups in total. The zero-order chi connectivity index (χ0) is 18.4. The fraction of sp³-hybridized carbons (Fsp3) is 0.650. The number of hydrogen-bond acceptors (Lipinski definition) is 3. The van der Waals surface area contributed by atoms with Gasteiger partial charge in [-0.05, 0) is 50.3 Å². The third-order valence-corrected chi connectivity index (χ3v) is 5.43. The molecule has 1 saturated heterocycles. The highest BCUT2D eigenvalue weighted by Crippen LogP contribution is 2.29. The summed E-state index contributed by atoms with van der Waals surface area (Å²) in [6.07, 6.45) is 5.06. The first-order valence-electron chi connectivity index (χ1n) is 9.76. The monoisotopic (exact) mass is 506 g/mol. The molecule has 2 aliphatic rings. The Balaban J connectivity index is 0.00000261. The number of hydrogen-bond donors (Lipinski definition) is 2. The number of halogens is 2. The van der Waals surface area contributed by atoms with Crippen molar-refractivity contribution >= 4 is 41.5 Å². The number of ether oxygens (including phenoxy) is 1. The lowest BCUT2D eigenvalue weighted by molar-refractivity contribution is 0.111. The van der Waals surface area contributed by atoms with Crippen LogP contribution in [-0.2, 0) is 4.74 Å². The number of methoxy groups -OCH3 is 1. The Morgan fingerprint density at radius 2 is 2.04 bits per heavy atom. The van der Waals surface area contributed by atoms with E-state index in [4.69, 9.17) is 21.3 Å². The molecule has 0 amide bonds. The van der Waals surface area contributed by atoms with E-state index >= 15 is 0 Å². The molecule has 1 saturated carbocycles. The molecule has 7 heteroatoms. The van der Waals surface area contributed by atoms with Crippen molar-refractivity contribution in [3.8, 4) is 0 Å². The maximum absolute atomic E-state index is 6.11. The largest absolute Gasteiger partial charge is 0.375 e. The van der Waals surface area contributed by atoms with Crippen molar-refractivity contribution in [1.29, 1.82) is 0 Å². The predicted molar refractivity (Wildman–Crippen MR) is 123 cm³/mol. The molecule has 2 fully saturated rings. The third kappa shape index (κ3) is 7.07. The van der Waals surface area contributed by atoms with E-state index in [2.05, 4.69) is 22.5 Å². The minimum absolute atomic E-state index is 0. The number of benzene rings is 1. The van der Waals surface area contributed by atoms with E-state index < -0.39 is 0 Å². The smallest absolute Gasteiger partial charge is 0.191 e. The van der Waals surface area contributed by atoms with Crippen LogP contribution < -0.4 is 10.6 Å². The molecule has 0 radical (unpaired) electrons. The molecule has 152 valence electrons. The normalized spacial score (nSPS) is 20.0. The number of likely N-dealkylation sites (tertiary alicyclic amines) is 1. The van der Waals surface area contributed by atoms with Gasteiger partial charge < -0.3 is 20.3 Å². The molecule has 1 aromatic rings.